The number of hydrogen-bond acceptors (Lipinski definition) is 1. The lowest BCUT2D eigenvalue weighted by atomic mass is 10.0. The van der Waals surface area contributed by atoms with Crippen molar-refractivity contribution in [2.45, 2.75) is 0 Å². The van der Waals surface area contributed by atoms with Gasteiger partial charge in [-0.1, -0.05) is 53.5 Å². The highest BCUT2D eigenvalue weighted by Gasteiger charge is 2.13. The van der Waals surface area contributed by atoms with E-state index in [1.54, 1.807) is 12.1 Å². The minimum Gasteiger partial charge on any atom is -0.351 e. The van der Waals surface area contributed by atoms with Crippen LogP contribution in [0.25, 0.3) is 11.1 Å². The Labute approximate surface area is 115 Å². The molecule has 0 bridgehead atoms. The summed E-state index contributed by atoms with van der Waals surface area (Å²) in [7, 11) is 0. The fourth-order valence-electron chi connectivity index (χ4n) is 1.65. The largest absolute Gasteiger partial charge is 0.351 e. The summed E-state index contributed by atoms with van der Waals surface area (Å²) in [5.74, 6) is 0. The maximum atomic E-state index is 10.9. The number of carbonyl (C=O) groups is 1. The van der Waals surface area contributed by atoms with E-state index < -0.39 is 6.03 Å². The third-order valence-corrected chi connectivity index (χ3v) is 3.12. The molecule has 0 unspecified atom stereocenters. The Bertz CT molecular complexity index is 585. The predicted molar refractivity (Wildman–Crippen MR) is 75.1 cm³/mol. The first-order chi connectivity index (χ1) is 8.59. The van der Waals surface area contributed by atoms with Crippen LogP contribution in [0.2, 0.25) is 10.0 Å². The van der Waals surface area contributed by atoms with Gasteiger partial charge in [-0.3, -0.25) is 0 Å². The molecule has 0 aliphatic heterocycles. The molecule has 5 heteroatoms. The molecule has 0 aromatic heterocycles. The number of nitrogens with two attached hydrogens (primary N) is 1. The summed E-state index contributed by atoms with van der Waals surface area (Å²) < 4.78 is 0. The molecule has 92 valence electrons. The van der Waals surface area contributed by atoms with Crippen molar-refractivity contribution < 1.29 is 4.79 Å². The fourth-order valence-corrected chi connectivity index (χ4v) is 2.29. The Balaban J connectivity index is 2.56. The van der Waals surface area contributed by atoms with Crippen molar-refractivity contribution in [3.8, 4) is 11.1 Å². The molecule has 0 fully saturated rings. The van der Waals surface area contributed by atoms with E-state index in [-0.39, 0.29) is 0 Å². The van der Waals surface area contributed by atoms with Crippen LogP contribution >= 0.6 is 23.2 Å². The molecule has 18 heavy (non-hydrogen) atoms. The Morgan fingerprint density at radius 3 is 2.33 bits per heavy atom. The second kappa shape index (κ2) is 5.29. The van der Waals surface area contributed by atoms with Crippen LogP contribution in [0.3, 0.4) is 0 Å². The van der Waals surface area contributed by atoms with Gasteiger partial charge in [0.05, 0.1) is 15.7 Å². The highest BCUT2D eigenvalue weighted by Crippen LogP contribution is 2.39. The van der Waals surface area contributed by atoms with Crippen molar-refractivity contribution in [2.75, 3.05) is 5.32 Å². The van der Waals surface area contributed by atoms with Gasteiger partial charge in [-0.25, -0.2) is 4.79 Å². The SMILES string of the molecule is NC(=O)Nc1ccc(Cl)c(-c2ccccc2)c1Cl. The molecule has 0 radical (unpaired) electrons. The zero-order chi connectivity index (χ0) is 13.1. The Morgan fingerprint density at radius 2 is 1.72 bits per heavy atom. The van der Waals surface area contributed by atoms with Crippen molar-refractivity contribution in [2.24, 2.45) is 5.73 Å². The number of nitrogens with one attached hydrogen (secondary N) is 1. The molecule has 0 heterocycles. The maximum absolute atomic E-state index is 10.9. The third-order valence-electron chi connectivity index (χ3n) is 2.41. The van der Waals surface area contributed by atoms with Crippen LogP contribution in [0.5, 0.6) is 0 Å². The Hall–Kier alpha value is -1.71. The lowest BCUT2D eigenvalue weighted by Crippen LogP contribution is -2.19. The topological polar surface area (TPSA) is 55.1 Å². The van der Waals surface area contributed by atoms with Crippen molar-refractivity contribution in [1.82, 2.24) is 0 Å². The van der Waals surface area contributed by atoms with Crippen molar-refractivity contribution in [3.63, 3.8) is 0 Å². The van der Waals surface area contributed by atoms with E-state index in [9.17, 15) is 4.79 Å². The van der Waals surface area contributed by atoms with E-state index in [0.717, 1.165) is 5.56 Å². The second-order valence-electron chi connectivity index (χ2n) is 3.64. The first-order valence-electron chi connectivity index (χ1n) is 5.19. The molecule has 2 rings (SSSR count). The average molecular weight is 281 g/mol. The summed E-state index contributed by atoms with van der Waals surface area (Å²) in [5, 5.41) is 3.34. The smallest absolute Gasteiger partial charge is 0.316 e. The molecule has 0 aliphatic carbocycles. The summed E-state index contributed by atoms with van der Waals surface area (Å²) in [4.78, 5) is 10.9. The van der Waals surface area contributed by atoms with E-state index in [0.29, 0.717) is 21.3 Å². The van der Waals surface area contributed by atoms with Gasteiger partial charge >= 0.3 is 6.03 Å². The van der Waals surface area contributed by atoms with Gasteiger partial charge in [0, 0.05) is 5.56 Å². The molecule has 2 aromatic rings. The number of amides is 2. The van der Waals surface area contributed by atoms with Crippen LogP contribution < -0.4 is 11.1 Å². The lowest BCUT2D eigenvalue weighted by molar-refractivity contribution is 0.259. The normalized spacial score (nSPS) is 10.1. The molecule has 0 spiro atoms. The summed E-state index contributed by atoms with van der Waals surface area (Å²) in [6, 6.07) is 12.1. The molecule has 2 amide bonds. The van der Waals surface area contributed by atoms with E-state index in [1.807, 2.05) is 30.3 Å². The minimum absolute atomic E-state index is 0.368. The van der Waals surface area contributed by atoms with Gasteiger partial charge in [0.2, 0.25) is 0 Å². The first-order valence-corrected chi connectivity index (χ1v) is 5.95. The molecular formula is C13H10Cl2N2O. The Kier molecular flexibility index (Phi) is 3.75. The van der Waals surface area contributed by atoms with Crippen LogP contribution in [0.15, 0.2) is 42.5 Å². The van der Waals surface area contributed by atoms with Crippen LogP contribution in [-0.4, -0.2) is 6.03 Å². The van der Waals surface area contributed by atoms with Gasteiger partial charge in [-0.05, 0) is 17.7 Å². The van der Waals surface area contributed by atoms with E-state index in [4.69, 9.17) is 28.9 Å². The van der Waals surface area contributed by atoms with E-state index in [2.05, 4.69) is 5.32 Å². The van der Waals surface area contributed by atoms with Crippen molar-refractivity contribution >= 4 is 34.9 Å². The van der Waals surface area contributed by atoms with Gasteiger partial charge in [0.1, 0.15) is 0 Å². The number of primary amides is 1. The quantitative estimate of drug-likeness (QED) is 0.853. The summed E-state index contributed by atoms with van der Waals surface area (Å²) >= 11 is 12.4. The van der Waals surface area contributed by atoms with Crippen molar-refractivity contribution in [1.29, 1.82) is 0 Å². The minimum atomic E-state index is -0.668. The second-order valence-corrected chi connectivity index (χ2v) is 4.42. The van der Waals surface area contributed by atoms with Crippen LogP contribution in [0.1, 0.15) is 0 Å². The number of hydrogen-bond donors (Lipinski definition) is 2. The van der Waals surface area contributed by atoms with Gasteiger partial charge in [-0.2, -0.15) is 0 Å². The van der Waals surface area contributed by atoms with Crippen molar-refractivity contribution in [3.05, 3.63) is 52.5 Å². The Morgan fingerprint density at radius 1 is 1.06 bits per heavy atom. The summed E-state index contributed by atoms with van der Waals surface area (Å²) in [6.07, 6.45) is 0. The molecule has 0 aliphatic rings. The van der Waals surface area contributed by atoms with Crippen LogP contribution in [0.4, 0.5) is 10.5 Å². The molecule has 0 atom stereocenters. The van der Waals surface area contributed by atoms with E-state index in [1.165, 1.54) is 0 Å². The number of urea groups is 1. The number of rotatable bonds is 2. The monoisotopic (exact) mass is 280 g/mol. The highest BCUT2D eigenvalue weighted by molar-refractivity contribution is 6.41. The molecule has 2 aromatic carbocycles. The summed E-state index contributed by atoms with van der Waals surface area (Å²) in [5.41, 5.74) is 7.06. The van der Waals surface area contributed by atoms with Gasteiger partial charge in [-0.15, -0.1) is 0 Å². The zero-order valence-corrected chi connectivity index (χ0v) is 10.8. The standard InChI is InChI=1S/C13H10Cl2N2O/c14-9-6-7-10(17-13(16)18)12(15)11(9)8-4-2-1-3-5-8/h1-7H,(H3,16,17,18). The first kappa shape index (κ1) is 12.7. The average Bonchev–Trinajstić information content (AvgIpc) is 2.34. The van der Waals surface area contributed by atoms with Gasteiger partial charge < -0.3 is 11.1 Å². The maximum Gasteiger partial charge on any atom is 0.316 e. The predicted octanol–water partition coefficient (Wildman–Crippen LogP) is 4.15. The number of carbonyl (C=O) groups excluding carboxylic acids is 1. The van der Waals surface area contributed by atoms with Gasteiger partial charge in [0.15, 0.2) is 0 Å². The molecular weight excluding hydrogens is 271 g/mol. The fraction of sp³-hybridized carbons (Fsp3) is 0. The highest BCUT2D eigenvalue weighted by atomic mass is 35.5. The number of halogens is 2. The van der Waals surface area contributed by atoms with E-state index >= 15 is 0 Å². The summed E-state index contributed by atoms with van der Waals surface area (Å²) in [6.45, 7) is 0. The molecule has 0 saturated heterocycles. The molecule has 3 nitrogen and oxygen atoms in total. The third kappa shape index (κ3) is 2.58. The van der Waals surface area contributed by atoms with Gasteiger partial charge in [0.25, 0.3) is 0 Å². The van der Waals surface area contributed by atoms with Crippen LogP contribution in [-0.2, 0) is 0 Å². The molecule has 3 N–H and O–H groups in total. The lowest BCUT2D eigenvalue weighted by Gasteiger charge is -2.11. The molecule has 0 saturated carbocycles. The number of benzene rings is 2. The van der Waals surface area contributed by atoms with Crippen LogP contribution in [0, 0.1) is 0 Å². The number of anilines is 1. The zero-order valence-electron chi connectivity index (χ0n) is 9.28.